The van der Waals surface area contributed by atoms with Crippen molar-refractivity contribution in [3.63, 3.8) is 0 Å². The van der Waals surface area contributed by atoms with E-state index < -0.39 is 0 Å². The molecule has 0 unspecified atom stereocenters. The SMILES string of the molecule is C=C/C=C\C(=C)Nc1ncnc(NC2=CCCC=C2)n1. The van der Waals surface area contributed by atoms with E-state index >= 15 is 0 Å². The normalized spacial score (nSPS) is 13.9. The van der Waals surface area contributed by atoms with Gasteiger partial charge in [-0.1, -0.05) is 37.5 Å². The van der Waals surface area contributed by atoms with Gasteiger partial charge in [0.25, 0.3) is 0 Å². The Morgan fingerprint density at radius 3 is 2.85 bits per heavy atom. The third kappa shape index (κ3) is 4.20. The van der Waals surface area contributed by atoms with E-state index in [1.807, 2.05) is 6.08 Å². The van der Waals surface area contributed by atoms with Gasteiger partial charge in [-0.05, 0) is 25.0 Å². The predicted octanol–water partition coefficient (Wildman–Crippen LogP) is 3.19. The first kappa shape index (κ1) is 13.7. The first-order valence-corrected chi connectivity index (χ1v) is 6.36. The molecule has 0 bridgehead atoms. The van der Waals surface area contributed by atoms with E-state index in [2.05, 4.69) is 50.9 Å². The molecule has 0 aliphatic heterocycles. The molecule has 0 aromatic carbocycles. The summed E-state index contributed by atoms with van der Waals surface area (Å²) in [6, 6.07) is 0. The number of anilines is 2. The Balaban J connectivity index is 2.02. The van der Waals surface area contributed by atoms with Crippen LogP contribution >= 0.6 is 0 Å². The average Bonchev–Trinajstić information content (AvgIpc) is 2.46. The molecule has 1 aliphatic carbocycles. The van der Waals surface area contributed by atoms with Crippen LogP contribution in [0.3, 0.4) is 0 Å². The lowest BCUT2D eigenvalue weighted by atomic mass is 10.1. The number of rotatable bonds is 6. The van der Waals surface area contributed by atoms with Crippen molar-refractivity contribution in [2.75, 3.05) is 10.6 Å². The number of allylic oxidation sites excluding steroid dienone is 6. The Morgan fingerprint density at radius 2 is 2.10 bits per heavy atom. The van der Waals surface area contributed by atoms with Gasteiger partial charge in [-0.25, -0.2) is 9.97 Å². The van der Waals surface area contributed by atoms with Crippen molar-refractivity contribution >= 4 is 11.9 Å². The summed E-state index contributed by atoms with van der Waals surface area (Å²) in [4.78, 5) is 12.4. The number of nitrogens with one attached hydrogen (secondary N) is 2. The molecule has 0 radical (unpaired) electrons. The molecule has 1 heterocycles. The van der Waals surface area contributed by atoms with Gasteiger partial charge in [0.2, 0.25) is 11.9 Å². The van der Waals surface area contributed by atoms with Crippen molar-refractivity contribution in [1.82, 2.24) is 15.0 Å². The quantitative estimate of drug-likeness (QED) is 0.775. The standard InChI is InChI=1S/C15H17N5/c1-3-4-8-12(2)18-14-16-11-17-15(20-14)19-13-9-6-5-7-10-13/h3-4,6,8-11H,1-2,5,7H2,(H2,16,17,18,19,20)/b8-4-. The van der Waals surface area contributed by atoms with Crippen LogP contribution in [-0.4, -0.2) is 15.0 Å². The van der Waals surface area contributed by atoms with Gasteiger partial charge in [0.15, 0.2) is 0 Å². The number of hydrogen-bond donors (Lipinski definition) is 2. The molecular formula is C15H17N5. The summed E-state index contributed by atoms with van der Waals surface area (Å²) < 4.78 is 0. The Bertz CT molecular complexity index is 584. The fourth-order valence-electron chi connectivity index (χ4n) is 1.62. The fourth-order valence-corrected chi connectivity index (χ4v) is 1.62. The van der Waals surface area contributed by atoms with Crippen LogP contribution in [0.4, 0.5) is 11.9 Å². The van der Waals surface area contributed by atoms with E-state index in [9.17, 15) is 0 Å². The topological polar surface area (TPSA) is 62.7 Å². The predicted molar refractivity (Wildman–Crippen MR) is 82.0 cm³/mol. The molecular weight excluding hydrogens is 250 g/mol. The molecule has 1 aromatic rings. The summed E-state index contributed by atoms with van der Waals surface area (Å²) in [6.07, 6.45) is 15.1. The number of aromatic nitrogens is 3. The van der Waals surface area contributed by atoms with Gasteiger partial charge in [-0.15, -0.1) is 0 Å². The molecule has 102 valence electrons. The van der Waals surface area contributed by atoms with Gasteiger partial charge >= 0.3 is 0 Å². The summed E-state index contributed by atoms with van der Waals surface area (Å²) in [7, 11) is 0. The van der Waals surface area contributed by atoms with Crippen molar-refractivity contribution in [1.29, 1.82) is 0 Å². The lowest BCUT2D eigenvalue weighted by Gasteiger charge is -2.09. The summed E-state index contributed by atoms with van der Waals surface area (Å²) in [5, 5.41) is 6.13. The number of nitrogens with zero attached hydrogens (tertiary/aromatic N) is 3. The molecule has 5 heteroatoms. The highest BCUT2D eigenvalue weighted by Crippen LogP contribution is 2.12. The lowest BCUT2D eigenvalue weighted by molar-refractivity contribution is 1.00. The van der Waals surface area contributed by atoms with Gasteiger partial charge in [0.05, 0.1) is 0 Å². The molecule has 20 heavy (non-hydrogen) atoms. The van der Waals surface area contributed by atoms with E-state index in [-0.39, 0.29) is 0 Å². The molecule has 0 fully saturated rings. The van der Waals surface area contributed by atoms with Crippen LogP contribution in [0.2, 0.25) is 0 Å². The van der Waals surface area contributed by atoms with Gasteiger partial charge < -0.3 is 10.6 Å². The van der Waals surface area contributed by atoms with Crippen LogP contribution < -0.4 is 10.6 Å². The smallest absolute Gasteiger partial charge is 0.231 e. The van der Waals surface area contributed by atoms with Gasteiger partial charge in [-0.2, -0.15) is 4.98 Å². The Morgan fingerprint density at radius 1 is 1.25 bits per heavy atom. The van der Waals surface area contributed by atoms with Gasteiger partial charge in [-0.3, -0.25) is 0 Å². The Kier molecular flexibility index (Phi) is 4.83. The molecule has 1 aromatic heterocycles. The molecule has 0 saturated carbocycles. The van der Waals surface area contributed by atoms with Crippen molar-refractivity contribution in [2.45, 2.75) is 12.8 Å². The molecule has 1 aliphatic rings. The number of hydrogen-bond acceptors (Lipinski definition) is 5. The van der Waals surface area contributed by atoms with Crippen molar-refractivity contribution < 1.29 is 0 Å². The van der Waals surface area contributed by atoms with E-state index in [1.54, 1.807) is 18.2 Å². The van der Waals surface area contributed by atoms with Crippen LogP contribution in [0.25, 0.3) is 0 Å². The second kappa shape index (κ2) is 7.04. The van der Waals surface area contributed by atoms with E-state index in [1.165, 1.54) is 6.33 Å². The molecule has 0 spiro atoms. The second-order valence-electron chi connectivity index (χ2n) is 4.14. The van der Waals surface area contributed by atoms with Crippen molar-refractivity contribution in [2.24, 2.45) is 0 Å². The minimum atomic E-state index is 0.446. The third-order valence-electron chi connectivity index (χ3n) is 2.53. The van der Waals surface area contributed by atoms with Crippen LogP contribution in [0, 0.1) is 0 Å². The average molecular weight is 267 g/mol. The molecule has 2 N–H and O–H groups in total. The Labute approximate surface area is 118 Å². The highest BCUT2D eigenvalue weighted by atomic mass is 15.2. The van der Waals surface area contributed by atoms with Crippen LogP contribution in [0.5, 0.6) is 0 Å². The summed E-state index contributed by atoms with van der Waals surface area (Å²) >= 11 is 0. The highest BCUT2D eigenvalue weighted by Gasteiger charge is 2.03. The third-order valence-corrected chi connectivity index (χ3v) is 2.53. The fraction of sp³-hybridized carbons (Fsp3) is 0.133. The Hall–Kier alpha value is -2.69. The van der Waals surface area contributed by atoms with Crippen molar-refractivity contribution in [3.05, 3.63) is 67.3 Å². The maximum Gasteiger partial charge on any atom is 0.231 e. The summed E-state index contributed by atoms with van der Waals surface area (Å²) in [5.74, 6) is 0.947. The minimum Gasteiger partial charge on any atom is -0.325 e. The summed E-state index contributed by atoms with van der Waals surface area (Å²) in [5.41, 5.74) is 1.68. The highest BCUT2D eigenvalue weighted by molar-refractivity contribution is 5.45. The van der Waals surface area contributed by atoms with Gasteiger partial charge in [0.1, 0.15) is 6.33 Å². The summed E-state index contributed by atoms with van der Waals surface area (Å²) in [6.45, 7) is 7.44. The van der Waals surface area contributed by atoms with Crippen molar-refractivity contribution in [3.8, 4) is 0 Å². The zero-order valence-corrected chi connectivity index (χ0v) is 11.2. The maximum atomic E-state index is 4.28. The molecule has 0 atom stereocenters. The zero-order chi connectivity index (χ0) is 14.2. The molecule has 5 nitrogen and oxygen atoms in total. The molecule has 0 saturated heterocycles. The molecule has 2 rings (SSSR count). The molecule has 0 amide bonds. The lowest BCUT2D eigenvalue weighted by Crippen LogP contribution is -2.07. The van der Waals surface area contributed by atoms with Gasteiger partial charge in [0, 0.05) is 11.4 Å². The largest absolute Gasteiger partial charge is 0.325 e. The van der Waals surface area contributed by atoms with E-state index in [0.29, 0.717) is 17.6 Å². The minimum absolute atomic E-state index is 0.446. The van der Waals surface area contributed by atoms with E-state index in [0.717, 1.165) is 18.5 Å². The zero-order valence-electron chi connectivity index (χ0n) is 11.2. The van der Waals surface area contributed by atoms with Crippen LogP contribution in [0.1, 0.15) is 12.8 Å². The maximum absolute atomic E-state index is 4.28. The van der Waals surface area contributed by atoms with E-state index in [4.69, 9.17) is 0 Å². The first-order chi connectivity index (χ1) is 9.78. The first-order valence-electron chi connectivity index (χ1n) is 6.36. The van der Waals surface area contributed by atoms with Crippen LogP contribution in [-0.2, 0) is 0 Å². The second-order valence-corrected chi connectivity index (χ2v) is 4.14. The van der Waals surface area contributed by atoms with Crippen LogP contribution in [0.15, 0.2) is 67.3 Å². The monoisotopic (exact) mass is 267 g/mol.